The molecule has 3 aromatic heterocycles. The fraction of sp³-hybridized carbons (Fsp3) is 0.261. The monoisotopic (exact) mass is 464 g/mol. The Labute approximate surface area is 194 Å². The summed E-state index contributed by atoms with van der Waals surface area (Å²) < 4.78 is 30.4. The van der Waals surface area contributed by atoms with Gasteiger partial charge in [0, 0.05) is 44.6 Å². The topological polar surface area (TPSA) is 93.8 Å². The Morgan fingerprint density at radius 3 is 2.74 bits per heavy atom. The molecule has 4 heterocycles. The molecule has 0 unspecified atom stereocenters. The molecular weight excluding hydrogens is 442 g/mol. The number of anilines is 2. The number of rotatable bonds is 5. The number of aryl methyl sites for hydroxylation is 2. The summed E-state index contributed by atoms with van der Waals surface area (Å²) in [6, 6.07) is 5.30. The zero-order valence-corrected chi connectivity index (χ0v) is 18.8. The van der Waals surface area contributed by atoms with E-state index in [1.54, 1.807) is 39.7 Å². The second-order valence-corrected chi connectivity index (χ2v) is 8.32. The number of hydrogen-bond donors (Lipinski definition) is 1. The van der Waals surface area contributed by atoms with Crippen molar-refractivity contribution in [3.63, 3.8) is 0 Å². The van der Waals surface area contributed by atoms with Crippen molar-refractivity contribution in [1.82, 2.24) is 34.2 Å². The van der Waals surface area contributed by atoms with Gasteiger partial charge in [0.1, 0.15) is 11.5 Å². The second-order valence-electron chi connectivity index (χ2n) is 8.32. The van der Waals surface area contributed by atoms with Crippen LogP contribution in [-0.2, 0) is 20.1 Å². The van der Waals surface area contributed by atoms with Crippen molar-refractivity contribution in [2.45, 2.75) is 33.0 Å². The van der Waals surface area contributed by atoms with Crippen molar-refractivity contribution in [2.75, 3.05) is 5.32 Å². The predicted octanol–water partition coefficient (Wildman–Crippen LogP) is 3.45. The first kappa shape index (κ1) is 21.7. The van der Waals surface area contributed by atoms with E-state index in [9.17, 15) is 13.6 Å². The van der Waals surface area contributed by atoms with E-state index in [1.807, 2.05) is 20.0 Å². The predicted molar refractivity (Wildman–Crippen MR) is 120 cm³/mol. The molecule has 1 aliphatic heterocycles. The van der Waals surface area contributed by atoms with Crippen LogP contribution < -0.4 is 5.32 Å². The van der Waals surface area contributed by atoms with Crippen LogP contribution in [0, 0.1) is 18.6 Å². The number of nitrogens with one attached hydrogen (secondary N) is 1. The molecule has 1 atom stereocenters. The molecule has 0 spiro atoms. The fourth-order valence-electron chi connectivity index (χ4n) is 3.99. The minimum Gasteiger partial charge on any atom is -0.327 e. The molecule has 34 heavy (non-hydrogen) atoms. The van der Waals surface area contributed by atoms with Crippen LogP contribution >= 0.6 is 0 Å². The molecule has 0 fully saturated rings. The van der Waals surface area contributed by atoms with Crippen LogP contribution in [-0.4, -0.2) is 46.1 Å². The lowest BCUT2D eigenvalue weighted by molar-refractivity contribution is 0.0587. The number of carbonyl (C=O) groups excluding carboxylic acids is 1. The minimum atomic E-state index is -0.937. The molecule has 174 valence electrons. The van der Waals surface area contributed by atoms with E-state index in [-0.39, 0.29) is 24.3 Å². The van der Waals surface area contributed by atoms with Gasteiger partial charge >= 0.3 is 0 Å². The van der Waals surface area contributed by atoms with Crippen molar-refractivity contribution < 1.29 is 13.6 Å². The van der Waals surface area contributed by atoms with Gasteiger partial charge in [-0.1, -0.05) is 6.07 Å². The first-order valence-electron chi connectivity index (χ1n) is 10.7. The number of benzene rings is 1. The molecule has 1 N–H and O–H groups in total. The highest BCUT2D eigenvalue weighted by Crippen LogP contribution is 2.27. The summed E-state index contributed by atoms with van der Waals surface area (Å²) in [7, 11) is 1.81. The zero-order chi connectivity index (χ0) is 24.0. The van der Waals surface area contributed by atoms with Crippen molar-refractivity contribution in [3.05, 3.63) is 71.4 Å². The Kier molecular flexibility index (Phi) is 5.31. The number of fused-ring (bicyclic) bond motifs is 1. The largest absolute Gasteiger partial charge is 0.327 e. The first-order chi connectivity index (χ1) is 16.3. The number of nitrogens with zero attached hydrogens (tertiary/aromatic N) is 7. The quantitative estimate of drug-likeness (QED) is 0.486. The molecule has 0 saturated carbocycles. The van der Waals surface area contributed by atoms with Crippen molar-refractivity contribution in [2.24, 2.45) is 7.05 Å². The minimum absolute atomic E-state index is 0.157. The zero-order valence-electron chi connectivity index (χ0n) is 18.8. The third-order valence-electron chi connectivity index (χ3n) is 5.83. The van der Waals surface area contributed by atoms with Gasteiger partial charge in [0.05, 0.1) is 11.9 Å². The van der Waals surface area contributed by atoms with Gasteiger partial charge in [-0.25, -0.2) is 23.7 Å². The van der Waals surface area contributed by atoms with E-state index >= 15 is 0 Å². The molecule has 1 aliphatic rings. The Morgan fingerprint density at radius 1 is 1.18 bits per heavy atom. The average molecular weight is 464 g/mol. The summed E-state index contributed by atoms with van der Waals surface area (Å²) in [5.74, 6) is -0.747. The maximum Gasteiger partial charge on any atom is 0.290 e. The highest BCUT2D eigenvalue weighted by Gasteiger charge is 2.32. The van der Waals surface area contributed by atoms with Gasteiger partial charge in [-0.3, -0.25) is 9.48 Å². The van der Waals surface area contributed by atoms with Gasteiger partial charge in [-0.05, 0) is 37.1 Å². The summed E-state index contributed by atoms with van der Waals surface area (Å²) in [6.45, 7) is 4.46. The highest BCUT2D eigenvalue weighted by atomic mass is 19.2. The van der Waals surface area contributed by atoms with Gasteiger partial charge < -0.3 is 14.8 Å². The first-order valence-corrected chi connectivity index (χ1v) is 10.7. The van der Waals surface area contributed by atoms with E-state index in [1.165, 1.54) is 6.07 Å². The standard InChI is InChI=1S/C23H22F2N8O/c1-13-9-26-23(29-19-6-7-27-31(19)3)30-20(13)18-12-32-10-14(2)33(22(34)21(32)28-18)11-15-4-5-16(24)17(25)8-15/h4-9,12,14H,10-11H2,1-3H3,(H,26,29,30)/t14-/m0/s1. The third-order valence-corrected chi connectivity index (χ3v) is 5.83. The van der Waals surface area contributed by atoms with Crippen LogP contribution in [0.25, 0.3) is 11.4 Å². The molecule has 1 aromatic carbocycles. The summed E-state index contributed by atoms with van der Waals surface area (Å²) in [4.78, 5) is 28.4. The van der Waals surface area contributed by atoms with Crippen LogP contribution in [0.5, 0.6) is 0 Å². The van der Waals surface area contributed by atoms with Crippen molar-refractivity contribution >= 4 is 17.7 Å². The summed E-state index contributed by atoms with van der Waals surface area (Å²) >= 11 is 0. The Bertz CT molecular complexity index is 1400. The van der Waals surface area contributed by atoms with E-state index in [4.69, 9.17) is 0 Å². The van der Waals surface area contributed by atoms with E-state index in [0.29, 0.717) is 29.4 Å². The molecule has 0 bridgehead atoms. The molecule has 0 aliphatic carbocycles. The van der Waals surface area contributed by atoms with Gasteiger partial charge in [0.25, 0.3) is 5.91 Å². The van der Waals surface area contributed by atoms with Crippen LogP contribution in [0.15, 0.2) is 42.9 Å². The lowest BCUT2D eigenvalue weighted by atomic mass is 10.1. The maximum atomic E-state index is 13.7. The van der Waals surface area contributed by atoms with Crippen LogP contribution in [0.1, 0.15) is 28.7 Å². The van der Waals surface area contributed by atoms with Crippen LogP contribution in [0.2, 0.25) is 0 Å². The molecule has 0 saturated heterocycles. The SMILES string of the molecule is Cc1cnc(Nc2ccnn2C)nc1-c1cn2c(n1)C(=O)N(Cc1ccc(F)c(F)c1)[C@@H](C)C2. The summed E-state index contributed by atoms with van der Waals surface area (Å²) in [5, 5.41) is 7.24. The van der Waals surface area contributed by atoms with Crippen LogP contribution in [0.4, 0.5) is 20.5 Å². The molecule has 1 amide bonds. The van der Waals surface area contributed by atoms with E-state index in [2.05, 4.69) is 25.4 Å². The van der Waals surface area contributed by atoms with Crippen LogP contribution in [0.3, 0.4) is 0 Å². The molecule has 9 nitrogen and oxygen atoms in total. The Hall–Kier alpha value is -4.15. The Morgan fingerprint density at radius 2 is 2.00 bits per heavy atom. The van der Waals surface area contributed by atoms with E-state index in [0.717, 1.165) is 23.5 Å². The smallest absolute Gasteiger partial charge is 0.290 e. The number of halogens is 2. The number of hydrogen-bond acceptors (Lipinski definition) is 6. The maximum absolute atomic E-state index is 13.7. The number of carbonyl (C=O) groups is 1. The second kappa shape index (κ2) is 8.32. The number of imidazole rings is 1. The van der Waals surface area contributed by atoms with Crippen molar-refractivity contribution in [3.8, 4) is 11.4 Å². The van der Waals surface area contributed by atoms with Gasteiger partial charge in [-0.15, -0.1) is 0 Å². The molecule has 5 rings (SSSR count). The van der Waals surface area contributed by atoms with Gasteiger partial charge in [0.15, 0.2) is 17.5 Å². The normalized spacial score (nSPS) is 15.5. The third kappa shape index (κ3) is 3.89. The number of aromatic nitrogens is 6. The summed E-state index contributed by atoms with van der Waals surface area (Å²) in [6.07, 6.45) is 5.17. The average Bonchev–Trinajstić information content (AvgIpc) is 3.41. The van der Waals surface area contributed by atoms with Gasteiger partial charge in [-0.2, -0.15) is 5.10 Å². The highest BCUT2D eigenvalue weighted by molar-refractivity contribution is 5.92. The molecule has 11 heteroatoms. The van der Waals surface area contributed by atoms with Gasteiger partial charge in [0.2, 0.25) is 5.95 Å². The van der Waals surface area contributed by atoms with E-state index < -0.39 is 11.6 Å². The Balaban J connectivity index is 1.43. The summed E-state index contributed by atoms with van der Waals surface area (Å²) in [5.41, 5.74) is 2.48. The molecule has 4 aromatic rings. The molecule has 0 radical (unpaired) electrons. The fourth-order valence-corrected chi connectivity index (χ4v) is 3.99. The molecular formula is C23H22F2N8O. The lowest BCUT2D eigenvalue weighted by Gasteiger charge is -2.33. The lowest BCUT2D eigenvalue weighted by Crippen LogP contribution is -2.46. The number of amides is 1. The van der Waals surface area contributed by atoms with Crippen molar-refractivity contribution in [1.29, 1.82) is 0 Å².